The molecule has 2 unspecified atom stereocenters. The molecule has 2 atom stereocenters. The average molecular weight is 475 g/mol. The Hall–Kier alpha value is -3.22. The van der Waals surface area contributed by atoms with Gasteiger partial charge in [0.1, 0.15) is 11.6 Å². The van der Waals surface area contributed by atoms with Gasteiger partial charge in [0.2, 0.25) is 5.95 Å². The average Bonchev–Trinajstić information content (AvgIpc) is 3.36. The maximum absolute atomic E-state index is 14.8. The maximum atomic E-state index is 14.8. The Labute approximate surface area is 205 Å². The number of ether oxygens (including phenoxy) is 1. The van der Waals surface area contributed by atoms with Crippen molar-refractivity contribution in [3.63, 3.8) is 0 Å². The SMILES string of the molecule is COc1ccc(-c2nc3n(n2)C2(CCCCC2)C2CCCCC2N3C(=O)c2ccccc2F)cc1. The van der Waals surface area contributed by atoms with Crippen LogP contribution >= 0.6 is 0 Å². The third-order valence-corrected chi connectivity index (χ3v) is 8.37. The zero-order valence-electron chi connectivity index (χ0n) is 20.1. The fraction of sp³-hybridized carbons (Fsp3) is 0.464. The molecule has 2 heterocycles. The van der Waals surface area contributed by atoms with Crippen molar-refractivity contribution in [2.24, 2.45) is 5.92 Å². The van der Waals surface area contributed by atoms with Crippen molar-refractivity contribution in [2.75, 3.05) is 12.0 Å². The minimum atomic E-state index is -0.496. The van der Waals surface area contributed by atoms with Gasteiger partial charge in [-0.3, -0.25) is 9.69 Å². The summed E-state index contributed by atoms with van der Waals surface area (Å²) in [6, 6.07) is 14.0. The fourth-order valence-electron chi connectivity index (χ4n) is 6.73. The minimum Gasteiger partial charge on any atom is -0.497 e. The Bertz CT molecular complexity index is 1230. The van der Waals surface area contributed by atoms with Crippen LogP contribution in [0.3, 0.4) is 0 Å². The molecule has 3 aliphatic rings. The van der Waals surface area contributed by atoms with Crippen LogP contribution in [0.15, 0.2) is 48.5 Å². The Morgan fingerprint density at radius 3 is 2.49 bits per heavy atom. The van der Waals surface area contributed by atoms with Gasteiger partial charge >= 0.3 is 0 Å². The summed E-state index contributed by atoms with van der Waals surface area (Å²) >= 11 is 0. The first-order valence-corrected chi connectivity index (χ1v) is 12.8. The van der Waals surface area contributed by atoms with Crippen molar-refractivity contribution in [1.82, 2.24) is 14.8 Å². The van der Waals surface area contributed by atoms with Gasteiger partial charge in [-0.2, -0.15) is 4.98 Å². The van der Waals surface area contributed by atoms with Crippen molar-refractivity contribution in [1.29, 1.82) is 0 Å². The summed E-state index contributed by atoms with van der Waals surface area (Å²) in [4.78, 5) is 20.7. The molecule has 182 valence electrons. The van der Waals surface area contributed by atoms with Crippen molar-refractivity contribution < 1.29 is 13.9 Å². The molecule has 0 N–H and O–H groups in total. The molecule has 2 aromatic carbocycles. The molecule has 1 spiro atoms. The maximum Gasteiger partial charge on any atom is 0.263 e. The van der Waals surface area contributed by atoms with Crippen LogP contribution in [-0.4, -0.2) is 33.8 Å². The van der Waals surface area contributed by atoms with E-state index in [1.807, 2.05) is 24.3 Å². The summed E-state index contributed by atoms with van der Waals surface area (Å²) in [7, 11) is 1.64. The lowest BCUT2D eigenvalue weighted by Crippen LogP contribution is -2.61. The van der Waals surface area contributed by atoms with Crippen LogP contribution in [0.2, 0.25) is 0 Å². The van der Waals surface area contributed by atoms with Crippen molar-refractivity contribution >= 4 is 11.9 Å². The number of halogens is 1. The molecule has 3 aromatic rings. The number of methoxy groups -OCH3 is 1. The summed E-state index contributed by atoms with van der Waals surface area (Å²) < 4.78 is 22.2. The predicted molar refractivity (Wildman–Crippen MR) is 132 cm³/mol. The second-order valence-electron chi connectivity index (χ2n) is 10.2. The second kappa shape index (κ2) is 8.77. The summed E-state index contributed by atoms with van der Waals surface area (Å²) in [6.45, 7) is 0. The van der Waals surface area contributed by atoms with Crippen LogP contribution in [0.25, 0.3) is 11.4 Å². The Morgan fingerprint density at radius 1 is 1.00 bits per heavy atom. The first-order valence-electron chi connectivity index (χ1n) is 12.8. The normalized spacial score (nSPS) is 23.0. The number of amides is 1. The number of rotatable bonds is 3. The van der Waals surface area contributed by atoms with E-state index >= 15 is 0 Å². The zero-order chi connectivity index (χ0) is 24.0. The monoisotopic (exact) mass is 474 g/mol. The van der Waals surface area contributed by atoms with Crippen LogP contribution in [0.5, 0.6) is 5.75 Å². The van der Waals surface area contributed by atoms with Gasteiger partial charge in [-0.05, 0) is 62.1 Å². The largest absolute Gasteiger partial charge is 0.497 e. The molecule has 1 aliphatic heterocycles. The number of carbonyl (C=O) groups is 1. The summed E-state index contributed by atoms with van der Waals surface area (Å²) in [5.74, 6) is 1.41. The molecule has 35 heavy (non-hydrogen) atoms. The molecule has 0 saturated heterocycles. The van der Waals surface area contributed by atoms with Gasteiger partial charge in [-0.15, -0.1) is 5.10 Å². The number of benzene rings is 2. The van der Waals surface area contributed by atoms with Crippen LogP contribution < -0.4 is 9.64 Å². The predicted octanol–water partition coefficient (Wildman–Crippen LogP) is 5.97. The number of hydrogen-bond donors (Lipinski definition) is 0. The van der Waals surface area contributed by atoms with Gasteiger partial charge in [0, 0.05) is 17.5 Å². The van der Waals surface area contributed by atoms with Crippen molar-refractivity contribution in [2.45, 2.75) is 69.4 Å². The van der Waals surface area contributed by atoms with E-state index in [4.69, 9.17) is 14.8 Å². The van der Waals surface area contributed by atoms with E-state index in [-0.39, 0.29) is 23.1 Å². The van der Waals surface area contributed by atoms with Gasteiger partial charge in [0.25, 0.3) is 5.91 Å². The van der Waals surface area contributed by atoms with E-state index in [0.29, 0.717) is 17.7 Å². The molecule has 2 aliphatic carbocycles. The van der Waals surface area contributed by atoms with Crippen molar-refractivity contribution in [3.8, 4) is 17.1 Å². The van der Waals surface area contributed by atoms with Gasteiger partial charge in [0.05, 0.1) is 18.2 Å². The Kier molecular flexibility index (Phi) is 5.58. The number of carbonyl (C=O) groups excluding carboxylic acids is 1. The topological polar surface area (TPSA) is 60.2 Å². The summed E-state index contributed by atoms with van der Waals surface area (Å²) in [5, 5.41) is 5.07. The Balaban J connectivity index is 1.53. The van der Waals surface area contributed by atoms with Gasteiger partial charge in [-0.25, -0.2) is 9.07 Å². The standard InChI is InChI=1S/C28H31FN4O2/c1-35-20-15-13-19(14-16-20)25-30-27-32(26(34)21-9-3-5-11-23(21)29)24-12-6-4-10-22(24)28(33(27)31-25)17-7-2-8-18-28/h3,5,9,11,13-16,22,24H,2,4,6-8,10,12,17-18H2,1H3. The van der Waals surface area contributed by atoms with Gasteiger partial charge < -0.3 is 4.74 Å². The smallest absolute Gasteiger partial charge is 0.263 e. The Morgan fingerprint density at radius 2 is 1.74 bits per heavy atom. The van der Waals surface area contributed by atoms with E-state index in [9.17, 15) is 9.18 Å². The third kappa shape index (κ3) is 3.55. The van der Waals surface area contributed by atoms with Crippen LogP contribution in [0.1, 0.15) is 68.1 Å². The molecule has 2 saturated carbocycles. The second-order valence-corrected chi connectivity index (χ2v) is 10.2. The highest BCUT2D eigenvalue weighted by Crippen LogP contribution is 2.53. The van der Waals surface area contributed by atoms with Crippen molar-refractivity contribution in [3.05, 3.63) is 59.9 Å². The molecule has 0 bridgehead atoms. The molecule has 2 fully saturated rings. The zero-order valence-corrected chi connectivity index (χ0v) is 20.1. The highest BCUT2D eigenvalue weighted by Gasteiger charge is 2.55. The first kappa shape index (κ1) is 22.3. The quantitative estimate of drug-likeness (QED) is 0.469. The van der Waals surface area contributed by atoms with Crippen LogP contribution in [0.4, 0.5) is 10.3 Å². The fourth-order valence-corrected chi connectivity index (χ4v) is 6.73. The first-order chi connectivity index (χ1) is 17.1. The highest BCUT2D eigenvalue weighted by molar-refractivity contribution is 6.06. The number of anilines is 1. The number of hydrogen-bond acceptors (Lipinski definition) is 4. The van der Waals surface area contributed by atoms with Gasteiger partial charge in [0.15, 0.2) is 5.82 Å². The lowest BCUT2D eigenvalue weighted by Gasteiger charge is -2.55. The molecule has 6 nitrogen and oxygen atoms in total. The lowest BCUT2D eigenvalue weighted by molar-refractivity contribution is 0.0313. The lowest BCUT2D eigenvalue weighted by atomic mass is 9.64. The van der Waals surface area contributed by atoms with Gasteiger partial charge in [-0.1, -0.05) is 44.2 Å². The molecule has 0 radical (unpaired) electrons. The number of fused-ring (bicyclic) bond motifs is 4. The van der Waals surface area contributed by atoms with E-state index < -0.39 is 5.82 Å². The van der Waals surface area contributed by atoms with Crippen LogP contribution in [0, 0.1) is 11.7 Å². The summed E-state index contributed by atoms with van der Waals surface area (Å²) in [5.41, 5.74) is 0.833. The molecular formula is C28H31FN4O2. The van der Waals surface area contributed by atoms with E-state index in [1.165, 1.54) is 12.5 Å². The highest BCUT2D eigenvalue weighted by atomic mass is 19.1. The molecular weight excluding hydrogens is 443 g/mol. The minimum absolute atomic E-state index is 0.00868. The third-order valence-electron chi connectivity index (χ3n) is 8.37. The molecule has 7 heteroatoms. The van der Waals surface area contributed by atoms with E-state index in [2.05, 4.69) is 4.68 Å². The van der Waals surface area contributed by atoms with Crippen LogP contribution in [-0.2, 0) is 5.54 Å². The number of aromatic nitrogens is 3. The molecule has 1 aromatic heterocycles. The van der Waals surface area contributed by atoms with E-state index in [1.54, 1.807) is 30.2 Å². The van der Waals surface area contributed by atoms with E-state index in [0.717, 1.165) is 62.7 Å². The molecule has 6 rings (SSSR count). The summed E-state index contributed by atoms with van der Waals surface area (Å²) in [6.07, 6.45) is 9.83. The number of nitrogens with zero attached hydrogens (tertiary/aromatic N) is 4. The molecule has 1 amide bonds.